The number of aryl methyl sites for hydroxylation is 2. The molecule has 0 aliphatic rings. The van der Waals surface area contributed by atoms with E-state index < -0.39 is 5.91 Å². The van der Waals surface area contributed by atoms with Gasteiger partial charge < -0.3 is 9.47 Å². The van der Waals surface area contributed by atoms with Gasteiger partial charge in [-0.25, -0.2) is 4.98 Å². The van der Waals surface area contributed by atoms with Crippen LogP contribution in [0.15, 0.2) is 34.6 Å². The van der Waals surface area contributed by atoms with E-state index in [0.29, 0.717) is 44.5 Å². The smallest absolute Gasteiger partial charge is 0.275 e. The summed E-state index contributed by atoms with van der Waals surface area (Å²) < 4.78 is 12.9. The van der Waals surface area contributed by atoms with Crippen molar-refractivity contribution in [2.75, 3.05) is 11.9 Å². The molecule has 0 aliphatic carbocycles. The molecule has 11 nitrogen and oxygen atoms in total. The summed E-state index contributed by atoms with van der Waals surface area (Å²) in [5.41, 5.74) is 0.660. The maximum Gasteiger partial charge on any atom is 0.275 e. The topological polar surface area (TPSA) is 144 Å². The van der Waals surface area contributed by atoms with Crippen molar-refractivity contribution in [3.05, 3.63) is 61.5 Å². The molecule has 0 saturated heterocycles. The van der Waals surface area contributed by atoms with E-state index in [-0.39, 0.29) is 17.7 Å². The van der Waals surface area contributed by atoms with Gasteiger partial charge in [0.2, 0.25) is 10.1 Å². The molecular formula is C23H21N7O4S2. The molecule has 0 atom stereocenters. The maximum absolute atomic E-state index is 12.5. The van der Waals surface area contributed by atoms with Crippen LogP contribution >= 0.6 is 22.7 Å². The zero-order chi connectivity index (χ0) is 25.7. The molecule has 3 heterocycles. The van der Waals surface area contributed by atoms with Gasteiger partial charge in [0.1, 0.15) is 28.3 Å². The molecule has 0 aliphatic heterocycles. The summed E-state index contributed by atoms with van der Waals surface area (Å²) in [5, 5.41) is 25.8. The lowest BCUT2D eigenvalue weighted by atomic mass is 10.1. The quantitative estimate of drug-likeness (QED) is 0.258. The number of amides is 1. The summed E-state index contributed by atoms with van der Waals surface area (Å²) in [6, 6.07) is 8.33. The summed E-state index contributed by atoms with van der Waals surface area (Å²) in [6.07, 6.45) is 2.16. The third-order valence-electron chi connectivity index (χ3n) is 4.71. The second-order valence-electron chi connectivity index (χ2n) is 7.31. The highest BCUT2D eigenvalue weighted by atomic mass is 32.1. The largest absolute Gasteiger partial charge is 0.490 e. The van der Waals surface area contributed by atoms with E-state index in [0.717, 1.165) is 11.4 Å². The Morgan fingerprint density at radius 3 is 2.72 bits per heavy atom. The second kappa shape index (κ2) is 11.1. The number of fused-ring (bicyclic) bond motifs is 1. The fraction of sp³-hybridized carbons (Fsp3) is 0.261. The van der Waals surface area contributed by atoms with Crippen molar-refractivity contribution in [3.63, 3.8) is 0 Å². The molecule has 13 heteroatoms. The maximum atomic E-state index is 12.5. The summed E-state index contributed by atoms with van der Waals surface area (Å²) in [4.78, 5) is 29.8. The second-order valence-corrected chi connectivity index (χ2v) is 9.53. The van der Waals surface area contributed by atoms with Crippen molar-refractivity contribution in [2.24, 2.45) is 0 Å². The zero-order valence-corrected chi connectivity index (χ0v) is 21.3. The predicted octanol–water partition coefficient (Wildman–Crippen LogP) is 3.40. The highest BCUT2D eigenvalue weighted by Gasteiger charge is 2.14. The summed E-state index contributed by atoms with van der Waals surface area (Å²) in [6.45, 7) is 5.98. The number of nitrogens with zero attached hydrogens (tertiary/aromatic N) is 6. The van der Waals surface area contributed by atoms with Gasteiger partial charge in [0.25, 0.3) is 11.5 Å². The van der Waals surface area contributed by atoms with Gasteiger partial charge in [-0.05, 0) is 44.0 Å². The van der Waals surface area contributed by atoms with Crippen molar-refractivity contribution >= 4 is 44.7 Å². The van der Waals surface area contributed by atoms with Crippen LogP contribution in [-0.4, -0.2) is 37.3 Å². The number of nitriles is 1. The Morgan fingerprint density at radius 1 is 1.19 bits per heavy atom. The van der Waals surface area contributed by atoms with Gasteiger partial charge >= 0.3 is 0 Å². The van der Waals surface area contributed by atoms with Gasteiger partial charge in [-0.1, -0.05) is 35.7 Å². The molecule has 0 bridgehead atoms. The number of rotatable bonds is 9. The Bertz CT molecular complexity index is 1550. The van der Waals surface area contributed by atoms with Gasteiger partial charge in [0.15, 0.2) is 11.5 Å². The lowest BCUT2D eigenvalue weighted by molar-refractivity contribution is -0.112. The Labute approximate surface area is 213 Å². The van der Waals surface area contributed by atoms with Crippen molar-refractivity contribution in [2.45, 2.75) is 33.8 Å². The number of anilines is 1. The Hall–Kier alpha value is -4.15. The van der Waals surface area contributed by atoms with E-state index in [1.807, 2.05) is 19.9 Å². The predicted molar refractivity (Wildman–Crippen MR) is 135 cm³/mol. The van der Waals surface area contributed by atoms with E-state index in [2.05, 4.69) is 25.6 Å². The average Bonchev–Trinajstić information content (AvgIpc) is 3.47. The molecule has 4 rings (SSSR count). The van der Waals surface area contributed by atoms with Crippen LogP contribution in [0.25, 0.3) is 11.0 Å². The van der Waals surface area contributed by atoms with Crippen LogP contribution in [-0.2, 0) is 17.8 Å². The lowest BCUT2D eigenvalue weighted by Crippen LogP contribution is -2.16. The van der Waals surface area contributed by atoms with Crippen molar-refractivity contribution < 1.29 is 14.3 Å². The number of benzene rings is 1. The number of hydrogen-bond acceptors (Lipinski definition) is 11. The molecule has 1 N–H and O–H groups in total. The third kappa shape index (κ3) is 5.73. The Balaban J connectivity index is 1.53. The molecule has 0 unspecified atom stereocenters. The van der Waals surface area contributed by atoms with Crippen LogP contribution in [0.4, 0.5) is 5.13 Å². The Kier molecular flexibility index (Phi) is 7.67. The van der Waals surface area contributed by atoms with Crippen LogP contribution in [0.3, 0.4) is 0 Å². The molecule has 0 radical (unpaired) electrons. The number of carbonyl (C=O) groups is 1. The number of ether oxygens (including phenoxy) is 2. The molecule has 0 spiro atoms. The van der Waals surface area contributed by atoms with Crippen LogP contribution in [0.2, 0.25) is 0 Å². The fourth-order valence-corrected chi connectivity index (χ4v) is 4.54. The molecule has 1 amide bonds. The normalized spacial score (nSPS) is 11.3. The molecule has 36 heavy (non-hydrogen) atoms. The SMILES string of the molecule is CCOc1cc(C=C(C#N)C(=O)Nc2nnc(C)s2)ccc1OCc1cc(=O)n2nc(CC)sc2n1. The van der Waals surface area contributed by atoms with E-state index >= 15 is 0 Å². The lowest BCUT2D eigenvalue weighted by Gasteiger charge is -2.12. The molecule has 1 aromatic carbocycles. The highest BCUT2D eigenvalue weighted by Crippen LogP contribution is 2.30. The minimum Gasteiger partial charge on any atom is -0.490 e. The first-order valence-corrected chi connectivity index (χ1v) is 12.5. The molecule has 184 valence electrons. The number of aromatic nitrogens is 5. The first-order valence-electron chi connectivity index (χ1n) is 10.9. The first-order chi connectivity index (χ1) is 17.4. The zero-order valence-electron chi connectivity index (χ0n) is 19.6. The van der Waals surface area contributed by atoms with Gasteiger partial charge in [0, 0.05) is 6.07 Å². The van der Waals surface area contributed by atoms with E-state index in [1.165, 1.54) is 39.3 Å². The van der Waals surface area contributed by atoms with Crippen LogP contribution in [0.1, 0.15) is 35.1 Å². The van der Waals surface area contributed by atoms with Crippen molar-refractivity contribution in [1.82, 2.24) is 24.8 Å². The van der Waals surface area contributed by atoms with Crippen LogP contribution in [0.5, 0.6) is 11.5 Å². The number of carbonyl (C=O) groups excluding carboxylic acids is 1. The van der Waals surface area contributed by atoms with E-state index in [9.17, 15) is 14.9 Å². The molecule has 4 aromatic rings. The number of nitrogens with one attached hydrogen (secondary N) is 1. The minimum absolute atomic E-state index is 0.0491. The fourth-order valence-electron chi connectivity index (χ4n) is 3.09. The number of hydrogen-bond donors (Lipinski definition) is 1. The molecule has 0 saturated carbocycles. The van der Waals surface area contributed by atoms with Crippen LogP contribution < -0.4 is 20.3 Å². The first kappa shape index (κ1) is 25.0. The van der Waals surface area contributed by atoms with Gasteiger partial charge in [-0.15, -0.1) is 10.2 Å². The standard InChI is InChI=1S/C23H21N7O4S2/c1-4-19-29-30-20(31)10-16(25-23(30)36-19)12-34-17-7-6-14(9-18(17)33-5-2)8-15(11-24)21(32)26-22-28-27-13(3)35-22/h6-10H,4-5,12H2,1-3H3,(H,26,28,32). The summed E-state index contributed by atoms with van der Waals surface area (Å²) in [7, 11) is 0. The van der Waals surface area contributed by atoms with Crippen molar-refractivity contribution in [3.8, 4) is 17.6 Å². The highest BCUT2D eigenvalue weighted by molar-refractivity contribution is 7.16. The van der Waals surface area contributed by atoms with Gasteiger partial charge in [-0.2, -0.15) is 14.9 Å². The average molecular weight is 524 g/mol. The van der Waals surface area contributed by atoms with E-state index in [1.54, 1.807) is 25.1 Å². The summed E-state index contributed by atoms with van der Waals surface area (Å²) >= 11 is 2.57. The van der Waals surface area contributed by atoms with Crippen LogP contribution in [0, 0.1) is 18.3 Å². The minimum atomic E-state index is -0.589. The summed E-state index contributed by atoms with van der Waals surface area (Å²) in [5.74, 6) is 0.267. The van der Waals surface area contributed by atoms with Crippen molar-refractivity contribution in [1.29, 1.82) is 5.26 Å². The third-order valence-corrected chi connectivity index (χ3v) is 6.51. The molecule has 0 fully saturated rings. The monoisotopic (exact) mass is 523 g/mol. The molecular weight excluding hydrogens is 502 g/mol. The van der Waals surface area contributed by atoms with Gasteiger partial charge in [0.05, 0.1) is 12.3 Å². The Morgan fingerprint density at radius 2 is 2.03 bits per heavy atom. The van der Waals surface area contributed by atoms with E-state index in [4.69, 9.17) is 9.47 Å². The van der Waals surface area contributed by atoms with Gasteiger partial charge in [-0.3, -0.25) is 14.9 Å². The molecule has 3 aromatic heterocycles.